The van der Waals surface area contributed by atoms with Gasteiger partial charge in [0.15, 0.2) is 0 Å². The van der Waals surface area contributed by atoms with Crippen LogP contribution < -0.4 is 10.6 Å². The van der Waals surface area contributed by atoms with Crippen molar-refractivity contribution < 1.29 is 18.5 Å². The Morgan fingerprint density at radius 3 is 2.57 bits per heavy atom. The van der Waals surface area contributed by atoms with Crippen molar-refractivity contribution in [2.45, 2.75) is 39.3 Å². The lowest BCUT2D eigenvalue weighted by molar-refractivity contribution is -0.127. The van der Waals surface area contributed by atoms with E-state index >= 15 is 0 Å². The molecule has 0 bridgehead atoms. The van der Waals surface area contributed by atoms with Gasteiger partial charge in [-0.1, -0.05) is 17.3 Å². The maximum atomic E-state index is 12.9. The quantitative estimate of drug-likeness (QED) is 0.794. The number of benzene rings is 1. The van der Waals surface area contributed by atoms with Crippen LogP contribution in [-0.4, -0.2) is 41.0 Å². The molecule has 0 aliphatic carbocycles. The number of piperidine rings is 1. The molecule has 8 heteroatoms. The van der Waals surface area contributed by atoms with E-state index in [1.165, 1.54) is 12.1 Å². The van der Waals surface area contributed by atoms with Gasteiger partial charge >= 0.3 is 0 Å². The highest BCUT2D eigenvalue weighted by molar-refractivity contribution is 5.93. The molecule has 1 aliphatic heterocycles. The summed E-state index contributed by atoms with van der Waals surface area (Å²) in [5.74, 6) is -0.194. The fourth-order valence-corrected chi connectivity index (χ4v) is 3.30. The number of likely N-dealkylation sites (tertiary alicyclic amines) is 1. The minimum atomic E-state index is -0.325. The Morgan fingerprint density at radius 2 is 1.96 bits per heavy atom. The Balaban J connectivity index is 1.43. The number of hydrogen-bond donors (Lipinski definition) is 2. The molecule has 150 valence electrons. The summed E-state index contributed by atoms with van der Waals surface area (Å²) in [6.45, 7) is 5.34. The minimum Gasteiger partial charge on any atom is -0.352 e. The van der Waals surface area contributed by atoms with Gasteiger partial charge < -0.3 is 9.84 Å². The molecule has 2 heterocycles. The monoisotopic (exact) mass is 388 g/mol. The van der Waals surface area contributed by atoms with Crippen LogP contribution in [0.4, 0.5) is 10.3 Å². The van der Waals surface area contributed by atoms with Gasteiger partial charge in [-0.2, -0.15) is 0 Å². The summed E-state index contributed by atoms with van der Waals surface area (Å²) in [6.07, 6.45) is 1.38. The van der Waals surface area contributed by atoms with E-state index in [9.17, 15) is 14.0 Å². The number of carbonyl (C=O) groups excluding carboxylic acids is 2. The summed E-state index contributed by atoms with van der Waals surface area (Å²) in [5.41, 5.74) is 1.57. The van der Waals surface area contributed by atoms with E-state index in [0.717, 1.165) is 5.56 Å². The van der Waals surface area contributed by atoms with Gasteiger partial charge in [0, 0.05) is 18.5 Å². The summed E-state index contributed by atoms with van der Waals surface area (Å²) in [4.78, 5) is 26.8. The van der Waals surface area contributed by atoms with E-state index in [0.29, 0.717) is 44.1 Å². The van der Waals surface area contributed by atoms with Gasteiger partial charge in [-0.05, 0) is 57.5 Å². The predicted octanol–water partition coefficient (Wildman–Crippen LogP) is 2.48. The van der Waals surface area contributed by atoms with Crippen LogP contribution in [0, 0.1) is 18.7 Å². The second-order valence-corrected chi connectivity index (χ2v) is 7.15. The van der Waals surface area contributed by atoms with Crippen molar-refractivity contribution >= 4 is 17.7 Å². The lowest BCUT2D eigenvalue weighted by Gasteiger charge is -2.34. The molecule has 7 nitrogen and oxygen atoms in total. The minimum absolute atomic E-state index is 0.00165. The number of carbonyl (C=O) groups is 2. The van der Waals surface area contributed by atoms with Crippen LogP contribution in [0.2, 0.25) is 0 Å². The fraction of sp³-hybridized carbons (Fsp3) is 0.450. The van der Waals surface area contributed by atoms with Crippen LogP contribution in [0.5, 0.6) is 0 Å². The molecular formula is C20H25FN4O3. The Kier molecular flexibility index (Phi) is 6.41. The first-order valence-electron chi connectivity index (χ1n) is 9.43. The molecule has 0 saturated carbocycles. The smallest absolute Gasteiger partial charge is 0.243 e. The molecule has 2 amide bonds. The van der Waals surface area contributed by atoms with Gasteiger partial charge in [-0.3, -0.25) is 19.8 Å². The molecule has 1 unspecified atom stereocenters. The average molecular weight is 388 g/mol. The highest BCUT2D eigenvalue weighted by atomic mass is 19.1. The third-order valence-corrected chi connectivity index (χ3v) is 5.08. The normalized spacial score (nSPS) is 16.5. The van der Waals surface area contributed by atoms with Crippen molar-refractivity contribution in [1.82, 2.24) is 15.4 Å². The average Bonchev–Trinajstić information content (AvgIpc) is 3.11. The number of nitrogens with zero attached hydrogens (tertiary/aromatic N) is 2. The molecule has 1 aromatic carbocycles. The summed E-state index contributed by atoms with van der Waals surface area (Å²) in [6, 6.07) is 7.43. The SMILES string of the molecule is Cc1cc(NC(=O)C(C)N2CCC(C(=O)NCc3ccc(F)cc3)CC2)on1. The van der Waals surface area contributed by atoms with Gasteiger partial charge in [-0.25, -0.2) is 4.39 Å². The third-order valence-electron chi connectivity index (χ3n) is 5.08. The van der Waals surface area contributed by atoms with Crippen molar-refractivity contribution in [2.75, 3.05) is 18.4 Å². The van der Waals surface area contributed by atoms with Crippen LogP contribution in [0.1, 0.15) is 31.0 Å². The number of aromatic nitrogens is 1. The zero-order valence-corrected chi connectivity index (χ0v) is 16.1. The maximum absolute atomic E-state index is 12.9. The molecule has 28 heavy (non-hydrogen) atoms. The van der Waals surface area contributed by atoms with E-state index in [1.54, 1.807) is 25.1 Å². The number of nitrogens with one attached hydrogen (secondary N) is 2. The van der Waals surface area contributed by atoms with Crippen LogP contribution in [0.3, 0.4) is 0 Å². The zero-order chi connectivity index (χ0) is 20.1. The lowest BCUT2D eigenvalue weighted by atomic mass is 9.94. The summed E-state index contributed by atoms with van der Waals surface area (Å²) in [7, 11) is 0. The fourth-order valence-electron chi connectivity index (χ4n) is 3.30. The molecule has 2 aromatic rings. The van der Waals surface area contributed by atoms with Gasteiger partial charge in [0.05, 0.1) is 11.7 Å². The highest BCUT2D eigenvalue weighted by Gasteiger charge is 2.30. The molecule has 1 aliphatic rings. The first kappa shape index (κ1) is 20.0. The first-order chi connectivity index (χ1) is 13.4. The molecule has 3 rings (SSSR count). The Morgan fingerprint density at radius 1 is 1.29 bits per heavy atom. The largest absolute Gasteiger partial charge is 0.352 e. The standard InChI is InChI=1S/C20H25FN4O3/c1-13-11-18(28-24-13)23-19(26)14(2)25-9-7-16(8-10-25)20(27)22-12-15-3-5-17(21)6-4-15/h3-6,11,14,16H,7-10,12H2,1-2H3,(H,22,27)(H,23,26). The van der Waals surface area contributed by atoms with Crippen molar-refractivity contribution in [3.05, 3.63) is 47.4 Å². The number of halogens is 1. The number of hydrogen-bond acceptors (Lipinski definition) is 5. The van der Waals surface area contributed by atoms with Crippen LogP contribution in [0.25, 0.3) is 0 Å². The van der Waals surface area contributed by atoms with Crippen molar-refractivity contribution in [1.29, 1.82) is 0 Å². The van der Waals surface area contributed by atoms with Crippen molar-refractivity contribution in [3.63, 3.8) is 0 Å². The van der Waals surface area contributed by atoms with Crippen LogP contribution in [0.15, 0.2) is 34.9 Å². The van der Waals surface area contributed by atoms with Gasteiger partial charge in [-0.15, -0.1) is 0 Å². The predicted molar refractivity (Wildman–Crippen MR) is 102 cm³/mol. The van der Waals surface area contributed by atoms with Crippen LogP contribution in [-0.2, 0) is 16.1 Å². The second-order valence-electron chi connectivity index (χ2n) is 7.15. The molecular weight excluding hydrogens is 363 g/mol. The summed E-state index contributed by atoms with van der Waals surface area (Å²) in [5, 5.41) is 9.38. The Hall–Kier alpha value is -2.74. The number of amides is 2. The van der Waals surface area contributed by atoms with E-state index < -0.39 is 0 Å². The number of aryl methyl sites for hydroxylation is 1. The molecule has 1 aromatic heterocycles. The molecule has 0 radical (unpaired) electrons. The Labute approximate surface area is 163 Å². The second kappa shape index (κ2) is 8.97. The summed E-state index contributed by atoms with van der Waals surface area (Å²) < 4.78 is 17.9. The lowest BCUT2D eigenvalue weighted by Crippen LogP contribution is -2.48. The van der Waals surface area contributed by atoms with E-state index in [1.807, 2.05) is 6.92 Å². The van der Waals surface area contributed by atoms with Gasteiger partial charge in [0.1, 0.15) is 5.82 Å². The topological polar surface area (TPSA) is 87.5 Å². The van der Waals surface area contributed by atoms with E-state index in [2.05, 4.69) is 20.7 Å². The first-order valence-corrected chi connectivity index (χ1v) is 9.43. The maximum Gasteiger partial charge on any atom is 0.243 e. The number of anilines is 1. The molecule has 2 N–H and O–H groups in total. The van der Waals surface area contributed by atoms with Crippen molar-refractivity contribution in [2.24, 2.45) is 5.92 Å². The van der Waals surface area contributed by atoms with Gasteiger partial charge in [0.25, 0.3) is 0 Å². The van der Waals surface area contributed by atoms with Crippen molar-refractivity contribution in [3.8, 4) is 0 Å². The van der Waals surface area contributed by atoms with Gasteiger partial charge in [0.2, 0.25) is 17.7 Å². The highest BCUT2D eigenvalue weighted by Crippen LogP contribution is 2.20. The summed E-state index contributed by atoms with van der Waals surface area (Å²) >= 11 is 0. The number of rotatable bonds is 6. The van der Waals surface area contributed by atoms with E-state index in [4.69, 9.17) is 4.52 Å². The molecule has 1 saturated heterocycles. The third kappa shape index (κ3) is 5.16. The van der Waals surface area contributed by atoms with Crippen LogP contribution >= 0.6 is 0 Å². The molecule has 0 spiro atoms. The molecule has 1 fully saturated rings. The zero-order valence-electron chi connectivity index (χ0n) is 16.1. The van der Waals surface area contributed by atoms with E-state index in [-0.39, 0.29) is 29.6 Å². The Bertz CT molecular complexity index is 813. The molecule has 1 atom stereocenters.